The molecule has 6 heteroatoms. The lowest BCUT2D eigenvalue weighted by atomic mass is 9.93. The summed E-state index contributed by atoms with van der Waals surface area (Å²) < 4.78 is 19.0. The van der Waals surface area contributed by atoms with Gasteiger partial charge in [-0.15, -0.1) is 10.2 Å². The van der Waals surface area contributed by atoms with Crippen LogP contribution >= 0.6 is 0 Å². The van der Waals surface area contributed by atoms with Gasteiger partial charge in [0, 0.05) is 37.3 Å². The van der Waals surface area contributed by atoms with E-state index in [0.717, 1.165) is 41.9 Å². The van der Waals surface area contributed by atoms with E-state index in [9.17, 15) is 4.39 Å². The third kappa shape index (κ3) is 4.21. The Morgan fingerprint density at radius 2 is 1.77 bits per heavy atom. The van der Waals surface area contributed by atoms with Crippen molar-refractivity contribution in [1.29, 1.82) is 0 Å². The monoisotopic (exact) mass is 410 g/mol. The van der Waals surface area contributed by atoms with E-state index in [-0.39, 0.29) is 11.4 Å². The number of anilines is 1. The van der Waals surface area contributed by atoms with Crippen LogP contribution in [-0.2, 0) is 4.74 Å². The number of halogens is 1. The number of aromatic nitrogens is 2. The number of fused-ring (bicyclic) bond motifs is 1. The summed E-state index contributed by atoms with van der Waals surface area (Å²) in [5.41, 5.74) is 1.66. The molecule has 3 heterocycles. The van der Waals surface area contributed by atoms with Crippen molar-refractivity contribution in [2.24, 2.45) is 11.8 Å². The minimum atomic E-state index is -0.240. The van der Waals surface area contributed by atoms with Crippen LogP contribution in [0.25, 0.3) is 11.3 Å². The van der Waals surface area contributed by atoms with Gasteiger partial charge in [0.05, 0.1) is 11.3 Å². The molecule has 4 atom stereocenters. The molecule has 5 rings (SSSR count). The maximum atomic E-state index is 13.1. The van der Waals surface area contributed by atoms with Gasteiger partial charge in [0.2, 0.25) is 0 Å². The maximum Gasteiger partial charge on any atom is 0.148 e. The number of nitrogens with one attached hydrogen (secondary N) is 1. The van der Waals surface area contributed by atoms with Crippen LogP contribution in [0.4, 0.5) is 10.2 Å². The van der Waals surface area contributed by atoms with Crippen LogP contribution in [0, 0.1) is 17.7 Å². The standard InChI is InChI=1S/C24H31FN4O/c1-24(2)13-21(9-10-30-24)29-14-17-11-20(12-18(17)15-29)26-23-8-7-22(27-28-23)16-3-5-19(25)6-4-16/h3-8,17-18,20-21H,9-15H2,1-2H3,(H,26,28)/t17-,18+,20-,21?. The molecule has 30 heavy (non-hydrogen) atoms. The summed E-state index contributed by atoms with van der Waals surface area (Å²) in [6.45, 7) is 7.77. The van der Waals surface area contributed by atoms with E-state index in [1.165, 1.54) is 44.5 Å². The van der Waals surface area contributed by atoms with Crippen molar-refractivity contribution in [3.63, 3.8) is 0 Å². The molecule has 2 aromatic rings. The Balaban J connectivity index is 1.15. The molecule has 1 aliphatic carbocycles. The highest BCUT2D eigenvalue weighted by Crippen LogP contribution is 2.41. The van der Waals surface area contributed by atoms with Crippen molar-refractivity contribution in [1.82, 2.24) is 15.1 Å². The van der Waals surface area contributed by atoms with Crippen molar-refractivity contribution in [2.45, 2.75) is 57.2 Å². The summed E-state index contributed by atoms with van der Waals surface area (Å²) in [4.78, 5) is 2.73. The van der Waals surface area contributed by atoms with Gasteiger partial charge in [-0.25, -0.2) is 4.39 Å². The predicted octanol–water partition coefficient (Wildman–Crippen LogP) is 4.36. The Kier molecular flexibility index (Phi) is 5.23. The molecule has 0 amide bonds. The predicted molar refractivity (Wildman–Crippen MR) is 116 cm³/mol. The second-order valence-electron chi connectivity index (χ2n) is 9.85. The fourth-order valence-electron chi connectivity index (χ4n) is 5.66. The molecular weight excluding hydrogens is 379 g/mol. The molecule has 1 aromatic heterocycles. The normalized spacial score (nSPS) is 30.9. The number of likely N-dealkylation sites (tertiary alicyclic amines) is 1. The molecule has 160 valence electrons. The van der Waals surface area contributed by atoms with E-state index < -0.39 is 0 Å². The van der Waals surface area contributed by atoms with Crippen LogP contribution in [0.5, 0.6) is 0 Å². The summed E-state index contributed by atoms with van der Waals surface area (Å²) in [6.07, 6.45) is 4.72. The molecule has 1 aromatic carbocycles. The Labute approximate surface area is 178 Å². The number of hydrogen-bond acceptors (Lipinski definition) is 5. The summed E-state index contributed by atoms with van der Waals surface area (Å²) in [5.74, 6) is 2.14. The number of rotatable bonds is 4. The van der Waals surface area contributed by atoms with Gasteiger partial charge in [-0.3, -0.25) is 4.90 Å². The molecule has 0 bridgehead atoms. The summed E-state index contributed by atoms with van der Waals surface area (Å²) in [7, 11) is 0. The fraction of sp³-hybridized carbons (Fsp3) is 0.583. The topological polar surface area (TPSA) is 50.3 Å². The van der Waals surface area contributed by atoms with Crippen LogP contribution in [0.1, 0.15) is 39.5 Å². The lowest BCUT2D eigenvalue weighted by molar-refractivity contribution is -0.0811. The SMILES string of the molecule is CC1(C)CC(N2C[C@H]3C[C@@H](Nc4ccc(-c5ccc(F)cc5)nn4)C[C@H]3C2)CCO1. The molecular formula is C24H31FN4O. The van der Waals surface area contributed by atoms with Gasteiger partial charge in [0.25, 0.3) is 0 Å². The Bertz CT molecular complexity index is 856. The second kappa shape index (κ2) is 7.89. The molecule has 1 N–H and O–H groups in total. The number of ether oxygens (including phenoxy) is 1. The van der Waals surface area contributed by atoms with E-state index in [1.807, 2.05) is 12.1 Å². The molecule has 1 unspecified atom stereocenters. The molecule has 5 nitrogen and oxygen atoms in total. The van der Waals surface area contributed by atoms with Crippen LogP contribution in [0.3, 0.4) is 0 Å². The van der Waals surface area contributed by atoms with Crippen LogP contribution in [0.2, 0.25) is 0 Å². The average Bonchev–Trinajstić information content (AvgIpc) is 3.27. The molecule has 2 saturated heterocycles. The van der Waals surface area contributed by atoms with Crippen molar-refractivity contribution >= 4 is 5.82 Å². The lowest BCUT2D eigenvalue weighted by Crippen LogP contribution is -2.45. The van der Waals surface area contributed by atoms with Gasteiger partial charge in [-0.2, -0.15) is 0 Å². The van der Waals surface area contributed by atoms with E-state index in [2.05, 4.69) is 34.3 Å². The molecule has 0 radical (unpaired) electrons. The maximum absolute atomic E-state index is 13.1. The molecule has 3 fully saturated rings. The molecule has 3 aliphatic rings. The molecule has 2 aliphatic heterocycles. The van der Waals surface area contributed by atoms with Crippen LogP contribution in [0.15, 0.2) is 36.4 Å². The fourth-order valence-corrected chi connectivity index (χ4v) is 5.66. The van der Waals surface area contributed by atoms with Gasteiger partial charge in [0.1, 0.15) is 11.6 Å². The molecule has 0 spiro atoms. The second-order valence-corrected chi connectivity index (χ2v) is 9.85. The zero-order valence-electron chi connectivity index (χ0n) is 17.9. The van der Waals surface area contributed by atoms with Crippen LogP contribution < -0.4 is 5.32 Å². The first-order chi connectivity index (χ1) is 14.4. The third-order valence-electron chi connectivity index (χ3n) is 7.12. The van der Waals surface area contributed by atoms with Crippen molar-refractivity contribution < 1.29 is 9.13 Å². The van der Waals surface area contributed by atoms with Crippen molar-refractivity contribution in [2.75, 3.05) is 25.0 Å². The summed E-state index contributed by atoms with van der Waals surface area (Å²) >= 11 is 0. The average molecular weight is 411 g/mol. The number of hydrogen-bond donors (Lipinski definition) is 1. The van der Waals surface area contributed by atoms with Crippen molar-refractivity contribution in [3.8, 4) is 11.3 Å². The van der Waals surface area contributed by atoms with E-state index in [1.54, 1.807) is 12.1 Å². The van der Waals surface area contributed by atoms with E-state index in [4.69, 9.17) is 4.74 Å². The first kappa shape index (κ1) is 19.9. The van der Waals surface area contributed by atoms with E-state index >= 15 is 0 Å². The first-order valence-electron chi connectivity index (χ1n) is 11.2. The third-order valence-corrected chi connectivity index (χ3v) is 7.12. The summed E-state index contributed by atoms with van der Waals surface area (Å²) in [5, 5.41) is 12.3. The Hall–Kier alpha value is -2.05. The number of nitrogens with zero attached hydrogens (tertiary/aromatic N) is 3. The smallest absolute Gasteiger partial charge is 0.148 e. The summed E-state index contributed by atoms with van der Waals surface area (Å²) in [6, 6.07) is 11.4. The van der Waals surface area contributed by atoms with Gasteiger partial charge in [-0.1, -0.05) is 0 Å². The van der Waals surface area contributed by atoms with Crippen LogP contribution in [-0.4, -0.2) is 52.5 Å². The zero-order valence-corrected chi connectivity index (χ0v) is 17.9. The van der Waals surface area contributed by atoms with Gasteiger partial charge >= 0.3 is 0 Å². The van der Waals surface area contributed by atoms with Gasteiger partial charge in [0.15, 0.2) is 0 Å². The van der Waals surface area contributed by atoms with Gasteiger partial charge < -0.3 is 10.1 Å². The highest BCUT2D eigenvalue weighted by molar-refractivity contribution is 5.59. The number of benzene rings is 1. The first-order valence-corrected chi connectivity index (χ1v) is 11.2. The lowest BCUT2D eigenvalue weighted by Gasteiger charge is -2.40. The Morgan fingerprint density at radius 1 is 1.03 bits per heavy atom. The highest BCUT2D eigenvalue weighted by Gasteiger charge is 2.44. The quantitative estimate of drug-likeness (QED) is 0.812. The zero-order chi connectivity index (χ0) is 20.7. The minimum Gasteiger partial charge on any atom is -0.375 e. The largest absolute Gasteiger partial charge is 0.375 e. The van der Waals surface area contributed by atoms with Crippen molar-refractivity contribution in [3.05, 3.63) is 42.2 Å². The van der Waals surface area contributed by atoms with E-state index in [0.29, 0.717) is 12.1 Å². The minimum absolute atomic E-state index is 0.0173. The Morgan fingerprint density at radius 3 is 2.40 bits per heavy atom. The molecule has 1 saturated carbocycles. The highest BCUT2D eigenvalue weighted by atomic mass is 19.1. The van der Waals surface area contributed by atoms with Gasteiger partial charge in [-0.05, 0) is 87.8 Å².